The molecule has 0 aliphatic carbocycles. The number of hydrogen-bond acceptors (Lipinski definition) is 21. The first-order valence-corrected chi connectivity index (χ1v) is 29.3. The zero-order chi connectivity index (χ0) is 60.9. The Labute approximate surface area is 483 Å². The topological polar surface area (TPSA) is 250 Å². The first-order valence-electron chi connectivity index (χ1n) is 24.7. The monoisotopic (exact) mass is 1200 g/mol. The standard InChI is InChI=1S/C60H54N3O18P3/c1-37(2)55(64)70-43-13-25-49(26-14-43)76-82(77-50-27-15-44(16-28-50)71-56(65)38(3)4)61-83(78-51-29-17-45(18-30-51)72-57(66)39(5)6,79-52-31-19-46(20-32-52)73-58(67)40(7)8)63-84(62-82,80-53-33-21-47(22-34-53)74-59(68)41(9)10)81-54-35-23-48(24-36-54)75-60(69)42(11)12/h13-36H,1,3,5,7,9,11H2,2,4,6,8,10,12H3. The summed E-state index contributed by atoms with van der Waals surface area (Å²) in [6, 6.07) is 34.2. The van der Waals surface area contributed by atoms with E-state index in [1.54, 1.807) is 0 Å². The first-order chi connectivity index (χ1) is 39.8. The summed E-state index contributed by atoms with van der Waals surface area (Å²) in [4.78, 5) is 75.6. The second-order valence-corrected chi connectivity index (χ2v) is 24.3. The average molecular weight is 1200 g/mol. The molecule has 0 fully saturated rings. The van der Waals surface area contributed by atoms with Crippen LogP contribution in [-0.2, 0) is 28.8 Å². The highest BCUT2D eigenvalue weighted by molar-refractivity contribution is 7.79. The van der Waals surface area contributed by atoms with Gasteiger partial charge in [-0.3, -0.25) is 0 Å². The van der Waals surface area contributed by atoms with Gasteiger partial charge in [-0.1, -0.05) is 53.0 Å². The van der Waals surface area contributed by atoms with Crippen LogP contribution in [0.3, 0.4) is 0 Å². The average Bonchev–Trinajstić information content (AvgIpc) is 3.54. The van der Waals surface area contributed by atoms with E-state index in [1.807, 2.05) is 0 Å². The molecule has 0 amide bonds. The lowest BCUT2D eigenvalue weighted by atomic mass is 10.3. The lowest BCUT2D eigenvalue weighted by molar-refractivity contribution is -0.130. The van der Waals surface area contributed by atoms with Gasteiger partial charge in [-0.05, 0) is 187 Å². The van der Waals surface area contributed by atoms with E-state index in [2.05, 4.69) is 39.5 Å². The smallest absolute Gasteiger partial charge is 0.423 e. The second-order valence-electron chi connectivity index (χ2n) is 18.1. The molecule has 0 saturated carbocycles. The third-order valence-electron chi connectivity index (χ3n) is 10.3. The summed E-state index contributed by atoms with van der Waals surface area (Å²) in [6.45, 7) is 30.8. The van der Waals surface area contributed by atoms with Crippen molar-refractivity contribution in [3.05, 3.63) is 219 Å². The Morgan fingerprint density at radius 3 is 0.452 bits per heavy atom. The number of esters is 6. The third-order valence-corrected chi connectivity index (χ3v) is 18.4. The van der Waals surface area contributed by atoms with Crippen molar-refractivity contribution >= 4 is 58.8 Å². The van der Waals surface area contributed by atoms with E-state index in [4.69, 9.17) is 69.1 Å². The molecule has 0 aromatic heterocycles. The van der Waals surface area contributed by atoms with Crippen molar-refractivity contribution in [2.45, 2.75) is 41.5 Å². The first kappa shape index (κ1) is 61.7. The van der Waals surface area contributed by atoms with Gasteiger partial charge in [-0.2, -0.15) is 0 Å². The van der Waals surface area contributed by atoms with Crippen molar-refractivity contribution < 1.29 is 84.3 Å². The Bertz CT molecular complexity index is 3170. The number of hydrogen-bond donors (Lipinski definition) is 0. The molecule has 24 heteroatoms. The fourth-order valence-corrected chi connectivity index (χ4v) is 15.2. The minimum atomic E-state index is -4.70. The maximum Gasteiger partial charge on any atom is 0.460 e. The number of carbonyl (C=O) groups is 6. The minimum absolute atomic E-state index is 0.00390. The van der Waals surface area contributed by atoms with E-state index in [0.29, 0.717) is 0 Å². The van der Waals surface area contributed by atoms with E-state index >= 15 is 0 Å². The third kappa shape index (κ3) is 17.1. The van der Waals surface area contributed by atoms with E-state index in [0.717, 1.165) is 0 Å². The molecule has 21 nitrogen and oxygen atoms in total. The summed E-state index contributed by atoms with van der Waals surface area (Å²) in [5.41, 5.74) is 0.796. The molecular weight excluding hydrogens is 1140 g/mol. The van der Waals surface area contributed by atoms with Gasteiger partial charge < -0.3 is 55.6 Å². The van der Waals surface area contributed by atoms with E-state index in [9.17, 15) is 28.8 Å². The van der Waals surface area contributed by atoms with Gasteiger partial charge in [0, 0.05) is 33.4 Å². The van der Waals surface area contributed by atoms with Crippen LogP contribution in [0.1, 0.15) is 41.5 Å². The highest BCUT2D eigenvalue weighted by atomic mass is 31.3. The van der Waals surface area contributed by atoms with Gasteiger partial charge in [0.25, 0.3) is 0 Å². The molecule has 0 spiro atoms. The quantitative estimate of drug-likeness (QED) is 0.0236. The van der Waals surface area contributed by atoms with Crippen LogP contribution in [0.5, 0.6) is 69.0 Å². The summed E-state index contributed by atoms with van der Waals surface area (Å²) in [7, 11) is -14.1. The van der Waals surface area contributed by atoms with E-state index in [1.165, 1.54) is 187 Å². The summed E-state index contributed by atoms with van der Waals surface area (Å²) < 4.78 is 89.7. The van der Waals surface area contributed by atoms with E-state index < -0.39 is 58.8 Å². The van der Waals surface area contributed by atoms with Crippen molar-refractivity contribution in [1.82, 2.24) is 0 Å². The van der Waals surface area contributed by atoms with Crippen LogP contribution in [0.2, 0.25) is 0 Å². The summed E-state index contributed by atoms with van der Waals surface area (Å²) in [6.07, 6.45) is 0. The summed E-state index contributed by atoms with van der Waals surface area (Å²) in [5, 5.41) is 0. The maximum atomic E-state index is 12.6. The molecule has 0 saturated heterocycles. The Hall–Kier alpha value is -9.93. The number of benzene rings is 6. The molecule has 0 N–H and O–H groups in total. The lowest BCUT2D eigenvalue weighted by Crippen LogP contribution is -2.12. The summed E-state index contributed by atoms with van der Waals surface area (Å²) >= 11 is 0. The van der Waals surface area contributed by atoms with E-state index in [-0.39, 0.29) is 102 Å². The Balaban J connectivity index is 1.56. The van der Waals surface area contributed by atoms with Gasteiger partial charge in [0.2, 0.25) is 0 Å². The molecule has 1 aliphatic rings. The Morgan fingerprint density at radius 1 is 0.238 bits per heavy atom. The largest absolute Gasteiger partial charge is 0.460 e. The molecule has 7 rings (SSSR count). The molecule has 0 unspecified atom stereocenters. The number of rotatable bonds is 24. The molecule has 0 radical (unpaired) electrons. The van der Waals surface area contributed by atoms with Crippen LogP contribution in [0.15, 0.2) is 232 Å². The normalized spacial score (nSPS) is 13.1. The van der Waals surface area contributed by atoms with Crippen LogP contribution in [-0.4, -0.2) is 35.8 Å². The molecule has 0 bridgehead atoms. The van der Waals surface area contributed by atoms with Crippen LogP contribution < -0.4 is 55.6 Å². The van der Waals surface area contributed by atoms with Gasteiger partial charge in [-0.15, -0.1) is 0 Å². The van der Waals surface area contributed by atoms with Crippen LogP contribution >= 0.6 is 23.0 Å². The highest BCUT2D eigenvalue weighted by Crippen LogP contribution is 2.78. The highest BCUT2D eigenvalue weighted by Gasteiger charge is 2.49. The van der Waals surface area contributed by atoms with Crippen LogP contribution in [0.25, 0.3) is 0 Å². The second kappa shape index (κ2) is 26.8. The SMILES string of the molecule is C=C(C)C(=O)Oc1ccc(OP2(Oc3ccc(OC(=O)C(=C)C)cc3)=NP(Oc3ccc(OC(=O)C(=C)C)cc3)(Oc3ccc(OC(=O)C(=C)C)cc3)=NP(Oc3ccc(OC(=O)C(=C)C)cc3)(Oc3ccc(OC(=O)C(=C)C)cc3)=N2)cc1. The number of carbonyl (C=O) groups excluding carboxylic acids is 6. The minimum Gasteiger partial charge on any atom is -0.423 e. The fraction of sp³-hybridized carbons (Fsp3) is 0.100. The van der Waals surface area contributed by atoms with Crippen LogP contribution in [0.4, 0.5) is 0 Å². The van der Waals surface area contributed by atoms with Gasteiger partial charge in [0.05, 0.1) is 0 Å². The lowest BCUT2D eigenvalue weighted by Gasteiger charge is -2.33. The zero-order valence-corrected chi connectivity index (χ0v) is 48.8. The van der Waals surface area contributed by atoms with Gasteiger partial charge in [0.1, 0.15) is 69.0 Å². The Morgan fingerprint density at radius 2 is 0.345 bits per heavy atom. The molecule has 432 valence electrons. The fourth-order valence-electron chi connectivity index (χ4n) is 6.16. The molecule has 0 atom stereocenters. The summed E-state index contributed by atoms with van der Waals surface area (Å²) in [5.74, 6) is -3.63. The predicted molar refractivity (Wildman–Crippen MR) is 313 cm³/mol. The predicted octanol–water partition coefficient (Wildman–Crippen LogP) is 15.2. The molecule has 6 aromatic rings. The van der Waals surface area contributed by atoms with Crippen molar-refractivity contribution in [1.29, 1.82) is 0 Å². The maximum absolute atomic E-state index is 12.6. The molecule has 6 aromatic carbocycles. The number of ether oxygens (including phenoxy) is 6. The van der Waals surface area contributed by atoms with Crippen LogP contribution in [0, 0.1) is 0 Å². The van der Waals surface area contributed by atoms with Gasteiger partial charge >= 0.3 is 58.8 Å². The van der Waals surface area contributed by atoms with Crippen molar-refractivity contribution in [2.75, 3.05) is 0 Å². The molecule has 84 heavy (non-hydrogen) atoms. The number of nitrogens with zero attached hydrogens (tertiary/aromatic N) is 3. The van der Waals surface area contributed by atoms with Gasteiger partial charge in [-0.25, -0.2) is 28.8 Å². The van der Waals surface area contributed by atoms with Crippen molar-refractivity contribution in [3.63, 3.8) is 0 Å². The zero-order valence-electron chi connectivity index (χ0n) is 46.1. The molecule has 1 aliphatic heterocycles. The van der Waals surface area contributed by atoms with Crippen molar-refractivity contribution in [2.24, 2.45) is 13.5 Å². The Kier molecular flexibility index (Phi) is 19.7. The van der Waals surface area contributed by atoms with Crippen molar-refractivity contribution in [3.8, 4) is 69.0 Å². The molecular formula is C60H54N3O18P3. The molecule has 1 heterocycles. The van der Waals surface area contributed by atoms with Gasteiger partial charge in [0.15, 0.2) is 0 Å².